The van der Waals surface area contributed by atoms with Crippen LogP contribution >= 0.6 is 11.6 Å². The Bertz CT molecular complexity index is 922. The molecule has 0 bridgehead atoms. The van der Waals surface area contributed by atoms with Crippen LogP contribution in [0.25, 0.3) is 10.9 Å². The molecule has 1 heterocycles. The summed E-state index contributed by atoms with van der Waals surface area (Å²) in [6.45, 7) is 2.00. The summed E-state index contributed by atoms with van der Waals surface area (Å²) in [7, 11) is 1.76. The topological polar surface area (TPSA) is 45.2 Å². The Morgan fingerprint density at radius 1 is 1.23 bits per heavy atom. The van der Waals surface area contributed by atoms with E-state index in [-0.39, 0.29) is 18.3 Å². The number of fused-ring (bicyclic) bond motifs is 1. The third-order valence-electron chi connectivity index (χ3n) is 4.41. The zero-order valence-electron chi connectivity index (χ0n) is 14.5. The number of anilines is 1. The fourth-order valence-electron chi connectivity index (χ4n) is 2.72. The molecule has 26 heavy (non-hydrogen) atoms. The van der Waals surface area contributed by atoms with E-state index in [4.69, 9.17) is 11.6 Å². The summed E-state index contributed by atoms with van der Waals surface area (Å²) in [4.78, 5) is 18.7. The van der Waals surface area contributed by atoms with Crippen LogP contribution < -0.4 is 5.32 Å². The first-order valence-corrected chi connectivity index (χ1v) is 8.63. The van der Waals surface area contributed by atoms with Crippen molar-refractivity contribution in [3.8, 4) is 0 Å². The summed E-state index contributed by atoms with van der Waals surface area (Å²) in [5.74, 6) is -0.562. The summed E-state index contributed by atoms with van der Waals surface area (Å²) in [6, 6.07) is 13.4. The van der Waals surface area contributed by atoms with E-state index in [2.05, 4.69) is 10.3 Å². The maximum atomic E-state index is 14.0. The van der Waals surface area contributed by atoms with Crippen LogP contribution in [0.5, 0.6) is 0 Å². The van der Waals surface area contributed by atoms with Crippen LogP contribution in [-0.4, -0.2) is 28.9 Å². The molecule has 0 fully saturated rings. The predicted molar refractivity (Wildman–Crippen MR) is 103 cm³/mol. The van der Waals surface area contributed by atoms with Gasteiger partial charge in [-0.2, -0.15) is 0 Å². The van der Waals surface area contributed by atoms with Gasteiger partial charge in [-0.3, -0.25) is 14.7 Å². The van der Waals surface area contributed by atoms with Crippen LogP contribution in [0.1, 0.15) is 12.5 Å². The van der Waals surface area contributed by atoms with Crippen LogP contribution in [0.15, 0.2) is 54.7 Å². The van der Waals surface area contributed by atoms with E-state index >= 15 is 0 Å². The Labute approximate surface area is 156 Å². The fourth-order valence-corrected chi connectivity index (χ4v) is 2.94. The van der Waals surface area contributed by atoms with Gasteiger partial charge in [-0.15, -0.1) is 0 Å². The number of carbonyl (C=O) groups excluding carboxylic acids is 1. The zero-order chi connectivity index (χ0) is 18.7. The normalized spacial score (nSPS) is 12.3. The Morgan fingerprint density at radius 3 is 2.77 bits per heavy atom. The van der Waals surface area contributed by atoms with Gasteiger partial charge < -0.3 is 5.32 Å². The molecular weight excluding hydrogens is 353 g/mol. The van der Waals surface area contributed by atoms with Gasteiger partial charge >= 0.3 is 0 Å². The number of amides is 1. The lowest BCUT2D eigenvalue weighted by molar-refractivity contribution is -0.120. The van der Waals surface area contributed by atoms with Gasteiger partial charge in [0.2, 0.25) is 5.91 Å². The third-order valence-corrected chi connectivity index (χ3v) is 4.77. The van der Waals surface area contributed by atoms with Gasteiger partial charge in [0.15, 0.2) is 0 Å². The van der Waals surface area contributed by atoms with Crippen molar-refractivity contribution in [2.45, 2.75) is 19.5 Å². The second kappa shape index (κ2) is 7.81. The van der Waals surface area contributed by atoms with E-state index in [1.54, 1.807) is 37.2 Å². The summed E-state index contributed by atoms with van der Waals surface area (Å²) >= 11 is 6.08. The maximum absolute atomic E-state index is 14.0. The van der Waals surface area contributed by atoms with Gasteiger partial charge in [-0.25, -0.2) is 4.39 Å². The minimum atomic E-state index is -0.474. The van der Waals surface area contributed by atoms with E-state index in [1.807, 2.05) is 30.3 Å². The molecule has 6 heteroatoms. The lowest BCUT2D eigenvalue weighted by Crippen LogP contribution is -2.39. The van der Waals surface area contributed by atoms with Crippen molar-refractivity contribution in [1.82, 2.24) is 9.88 Å². The monoisotopic (exact) mass is 371 g/mol. The quantitative estimate of drug-likeness (QED) is 0.718. The second-order valence-corrected chi connectivity index (χ2v) is 6.56. The number of carbonyl (C=O) groups is 1. The lowest BCUT2D eigenvalue weighted by atomic mass is 10.1. The Morgan fingerprint density at radius 2 is 2.00 bits per heavy atom. The highest BCUT2D eigenvalue weighted by Gasteiger charge is 2.21. The molecule has 1 N–H and O–H groups in total. The Balaban J connectivity index is 1.75. The fraction of sp³-hybridized carbons (Fsp3) is 0.200. The van der Waals surface area contributed by atoms with Crippen molar-refractivity contribution < 1.29 is 9.18 Å². The van der Waals surface area contributed by atoms with Crippen LogP contribution in [0.2, 0.25) is 5.02 Å². The number of benzene rings is 2. The lowest BCUT2D eigenvalue weighted by Gasteiger charge is -2.24. The van der Waals surface area contributed by atoms with Gasteiger partial charge in [0.05, 0.1) is 17.2 Å². The molecule has 0 aliphatic carbocycles. The van der Waals surface area contributed by atoms with Gasteiger partial charge in [0, 0.05) is 28.7 Å². The molecule has 0 aliphatic rings. The first kappa shape index (κ1) is 18.3. The summed E-state index contributed by atoms with van der Waals surface area (Å²) in [5.41, 5.74) is 1.89. The average molecular weight is 372 g/mol. The first-order chi connectivity index (χ1) is 12.5. The molecule has 1 atom stereocenters. The van der Waals surface area contributed by atoms with Crippen LogP contribution in [0.4, 0.5) is 10.1 Å². The van der Waals surface area contributed by atoms with Crippen molar-refractivity contribution >= 4 is 34.1 Å². The van der Waals surface area contributed by atoms with Gasteiger partial charge in [-0.05, 0) is 50.4 Å². The smallest absolute Gasteiger partial charge is 0.241 e. The molecule has 4 nitrogen and oxygen atoms in total. The number of rotatable bonds is 5. The molecule has 1 aromatic heterocycles. The molecular formula is C20H19ClFN3O. The van der Waals surface area contributed by atoms with Crippen molar-refractivity contribution in [3.05, 3.63) is 71.1 Å². The molecule has 3 rings (SSSR count). The van der Waals surface area contributed by atoms with E-state index < -0.39 is 6.04 Å². The van der Waals surface area contributed by atoms with Crippen LogP contribution in [-0.2, 0) is 11.3 Å². The first-order valence-electron chi connectivity index (χ1n) is 8.25. The Kier molecular flexibility index (Phi) is 5.49. The molecule has 3 aromatic rings. The predicted octanol–water partition coefficient (Wildman–Crippen LogP) is 4.49. The van der Waals surface area contributed by atoms with Crippen molar-refractivity contribution in [2.24, 2.45) is 0 Å². The van der Waals surface area contributed by atoms with E-state index in [9.17, 15) is 9.18 Å². The number of aromatic nitrogens is 1. The maximum Gasteiger partial charge on any atom is 0.241 e. The number of halogens is 2. The largest absolute Gasteiger partial charge is 0.324 e. The number of nitrogens with one attached hydrogen (secondary N) is 1. The van der Waals surface area contributed by atoms with Crippen molar-refractivity contribution in [3.63, 3.8) is 0 Å². The number of pyridine rings is 1. The third kappa shape index (κ3) is 3.84. The molecule has 1 amide bonds. The highest BCUT2D eigenvalue weighted by Crippen LogP contribution is 2.23. The summed E-state index contributed by atoms with van der Waals surface area (Å²) in [5, 5.41) is 4.16. The zero-order valence-corrected chi connectivity index (χ0v) is 15.3. The highest BCUT2D eigenvalue weighted by molar-refractivity contribution is 6.31. The minimum absolute atomic E-state index is 0.184. The molecule has 2 aromatic carbocycles. The van der Waals surface area contributed by atoms with Gasteiger partial charge in [0.1, 0.15) is 5.82 Å². The standard InChI is InChI=1S/C20H19ClFN3O/c1-13(25(2)12-15-16(21)7-3-8-17(15)22)20(26)24-19-10-4-9-18-14(19)6-5-11-23-18/h3-11,13H,12H2,1-2H3,(H,24,26)/t13-/m0/s1. The molecule has 0 radical (unpaired) electrons. The van der Waals surface area contributed by atoms with Crippen LogP contribution in [0, 0.1) is 5.82 Å². The number of nitrogens with zero attached hydrogens (tertiary/aromatic N) is 2. The highest BCUT2D eigenvalue weighted by atomic mass is 35.5. The minimum Gasteiger partial charge on any atom is -0.324 e. The van der Waals surface area contributed by atoms with E-state index in [1.165, 1.54) is 6.07 Å². The molecule has 0 spiro atoms. The molecule has 0 saturated carbocycles. The SMILES string of the molecule is C[C@@H](C(=O)Nc1cccc2ncccc12)N(C)Cc1c(F)cccc1Cl. The average Bonchev–Trinajstić information content (AvgIpc) is 2.64. The Hall–Kier alpha value is -2.50. The summed E-state index contributed by atoms with van der Waals surface area (Å²) in [6.07, 6.45) is 1.71. The molecule has 0 aliphatic heterocycles. The number of hydrogen-bond donors (Lipinski definition) is 1. The number of likely N-dealkylation sites (N-methyl/N-ethyl adjacent to an activating group) is 1. The molecule has 134 valence electrons. The van der Waals surface area contributed by atoms with Gasteiger partial charge in [0.25, 0.3) is 0 Å². The van der Waals surface area contributed by atoms with Crippen molar-refractivity contribution in [2.75, 3.05) is 12.4 Å². The number of hydrogen-bond acceptors (Lipinski definition) is 3. The van der Waals surface area contributed by atoms with E-state index in [0.29, 0.717) is 16.3 Å². The van der Waals surface area contributed by atoms with Gasteiger partial charge in [-0.1, -0.05) is 23.7 Å². The second-order valence-electron chi connectivity index (χ2n) is 6.16. The summed E-state index contributed by atoms with van der Waals surface area (Å²) < 4.78 is 14.0. The molecule has 0 unspecified atom stereocenters. The molecule has 0 saturated heterocycles. The van der Waals surface area contributed by atoms with Crippen LogP contribution in [0.3, 0.4) is 0 Å². The van der Waals surface area contributed by atoms with Crippen molar-refractivity contribution in [1.29, 1.82) is 0 Å². The van der Waals surface area contributed by atoms with E-state index in [0.717, 1.165) is 10.9 Å².